The highest BCUT2D eigenvalue weighted by atomic mass is 32.2. The number of anilines is 1. The Morgan fingerprint density at radius 1 is 1.18 bits per heavy atom. The topological polar surface area (TPSA) is 87.9 Å². The number of ether oxygens (including phenoxy) is 1. The monoisotopic (exact) mass is 476 g/mol. The zero-order valence-corrected chi connectivity index (χ0v) is 19.9. The number of oxazole rings is 1. The van der Waals surface area contributed by atoms with Gasteiger partial charge < -0.3 is 19.4 Å². The average Bonchev–Trinajstić information content (AvgIpc) is 3.23. The van der Waals surface area contributed by atoms with Crippen LogP contribution >= 0.6 is 0 Å². The Labute approximate surface area is 193 Å². The van der Waals surface area contributed by atoms with Gasteiger partial charge in [0.15, 0.2) is 17.1 Å². The van der Waals surface area contributed by atoms with Crippen molar-refractivity contribution in [3.63, 3.8) is 0 Å². The van der Waals surface area contributed by atoms with Crippen LogP contribution in [0.2, 0.25) is 0 Å². The van der Waals surface area contributed by atoms with E-state index >= 15 is 0 Å². The Morgan fingerprint density at radius 3 is 2.64 bits per heavy atom. The molecule has 2 heterocycles. The highest BCUT2D eigenvalue weighted by molar-refractivity contribution is 7.89. The molecule has 0 spiro atoms. The molecule has 1 aliphatic rings. The van der Waals surface area contributed by atoms with Gasteiger partial charge in [-0.1, -0.05) is 6.07 Å². The molecular weight excluding hydrogens is 447 g/mol. The maximum absolute atomic E-state index is 14.1. The Hall–Kier alpha value is -2.69. The van der Waals surface area contributed by atoms with Crippen molar-refractivity contribution in [2.75, 3.05) is 38.7 Å². The van der Waals surface area contributed by atoms with Crippen molar-refractivity contribution in [2.45, 2.75) is 37.2 Å². The fourth-order valence-corrected chi connectivity index (χ4v) is 4.89. The molecule has 1 aliphatic heterocycles. The molecule has 1 fully saturated rings. The molecule has 1 aromatic heterocycles. The van der Waals surface area contributed by atoms with Gasteiger partial charge in [0.25, 0.3) is 6.01 Å². The second-order valence-corrected chi connectivity index (χ2v) is 10.4. The van der Waals surface area contributed by atoms with E-state index < -0.39 is 15.8 Å². The van der Waals surface area contributed by atoms with Crippen LogP contribution < -0.4 is 15.0 Å². The van der Waals surface area contributed by atoms with E-state index in [9.17, 15) is 12.8 Å². The van der Waals surface area contributed by atoms with Gasteiger partial charge in [-0.25, -0.2) is 17.1 Å². The molecule has 2 aromatic carbocycles. The number of halogens is 1. The van der Waals surface area contributed by atoms with Crippen LogP contribution in [-0.4, -0.2) is 57.5 Å². The number of hydrogen-bond acceptors (Lipinski definition) is 7. The lowest BCUT2D eigenvalue weighted by molar-refractivity contribution is 0.321. The predicted molar refractivity (Wildman–Crippen MR) is 125 cm³/mol. The number of rotatable bonds is 8. The first kappa shape index (κ1) is 23.5. The van der Waals surface area contributed by atoms with Gasteiger partial charge in [-0.05, 0) is 68.8 Å². The van der Waals surface area contributed by atoms with E-state index in [2.05, 4.69) is 15.2 Å². The van der Waals surface area contributed by atoms with Crippen molar-refractivity contribution in [3.8, 4) is 5.75 Å². The lowest BCUT2D eigenvalue weighted by Crippen LogP contribution is -2.43. The van der Waals surface area contributed by atoms with Gasteiger partial charge in [-0.3, -0.25) is 0 Å². The summed E-state index contributed by atoms with van der Waals surface area (Å²) in [5.74, 6) is -0.179. The van der Waals surface area contributed by atoms with Crippen LogP contribution in [-0.2, 0) is 16.6 Å². The number of benzene rings is 2. The highest BCUT2D eigenvalue weighted by Gasteiger charge is 2.27. The van der Waals surface area contributed by atoms with E-state index in [0.717, 1.165) is 31.5 Å². The quantitative estimate of drug-likeness (QED) is 0.533. The fraction of sp³-hybridized carbons (Fsp3) is 0.435. The summed E-state index contributed by atoms with van der Waals surface area (Å²) in [7, 11) is -0.599. The third-order valence-corrected chi connectivity index (χ3v) is 7.58. The molecule has 4 rings (SSSR count). The van der Waals surface area contributed by atoms with E-state index in [4.69, 9.17) is 9.15 Å². The summed E-state index contributed by atoms with van der Waals surface area (Å²) in [5.41, 5.74) is 1.85. The predicted octanol–water partition coefficient (Wildman–Crippen LogP) is 3.37. The molecule has 8 nitrogen and oxygen atoms in total. The van der Waals surface area contributed by atoms with Gasteiger partial charge in [-0.15, -0.1) is 0 Å². The molecule has 0 bridgehead atoms. The molecular formula is C23H29FN4O4S. The maximum Gasteiger partial charge on any atom is 0.298 e. The Bertz CT molecular complexity index is 1220. The normalized spacial score (nSPS) is 15.3. The first-order valence-corrected chi connectivity index (χ1v) is 12.5. The minimum Gasteiger partial charge on any atom is -0.491 e. The van der Waals surface area contributed by atoms with Crippen molar-refractivity contribution in [2.24, 2.45) is 0 Å². The summed E-state index contributed by atoms with van der Waals surface area (Å²) >= 11 is 0. The lowest BCUT2D eigenvalue weighted by atomic mass is 10.0. The number of sulfonamides is 1. The van der Waals surface area contributed by atoms with Gasteiger partial charge >= 0.3 is 0 Å². The Morgan fingerprint density at radius 2 is 1.94 bits per heavy atom. The van der Waals surface area contributed by atoms with Gasteiger partial charge in [-0.2, -0.15) is 4.98 Å². The van der Waals surface area contributed by atoms with Crippen LogP contribution in [0.5, 0.6) is 5.75 Å². The largest absolute Gasteiger partial charge is 0.491 e. The summed E-state index contributed by atoms with van der Waals surface area (Å²) in [6.07, 6.45) is 1.80. The number of aromatic nitrogens is 1. The van der Waals surface area contributed by atoms with Gasteiger partial charge in [0.1, 0.15) is 5.52 Å². The van der Waals surface area contributed by atoms with Crippen LogP contribution in [0.15, 0.2) is 45.7 Å². The van der Waals surface area contributed by atoms with Gasteiger partial charge in [0, 0.05) is 26.7 Å². The van der Waals surface area contributed by atoms with E-state index in [-0.39, 0.29) is 16.7 Å². The standard InChI is InChI=1S/C23H29FN4O4S/c1-4-31-22-13-16(5-7-19(22)24)15-28(17-9-11-25-12-10-17)23-26-20-14-18(6-8-21(20)32-23)33(29,30)27(2)3/h5-8,13-14,17,25H,4,9-12,15H2,1-3H3. The van der Waals surface area contributed by atoms with Crippen molar-refractivity contribution >= 4 is 27.1 Å². The van der Waals surface area contributed by atoms with Crippen LogP contribution in [0.1, 0.15) is 25.3 Å². The number of piperidine rings is 1. The summed E-state index contributed by atoms with van der Waals surface area (Å²) in [6.45, 7) is 4.40. The molecule has 1 saturated heterocycles. The summed E-state index contributed by atoms with van der Waals surface area (Å²) in [4.78, 5) is 6.88. The van der Waals surface area contributed by atoms with E-state index in [1.54, 1.807) is 18.2 Å². The molecule has 0 aliphatic carbocycles. The number of nitrogens with zero attached hydrogens (tertiary/aromatic N) is 3. The molecule has 10 heteroatoms. The minimum absolute atomic E-state index is 0.160. The molecule has 0 saturated carbocycles. The molecule has 0 unspecified atom stereocenters. The molecule has 1 N–H and O–H groups in total. The first-order chi connectivity index (χ1) is 15.8. The Balaban J connectivity index is 1.71. The maximum atomic E-state index is 14.1. The minimum atomic E-state index is -3.58. The van der Waals surface area contributed by atoms with Crippen molar-refractivity contribution < 1.29 is 22.0 Å². The Kier molecular flexibility index (Phi) is 6.87. The molecule has 33 heavy (non-hydrogen) atoms. The third kappa shape index (κ3) is 4.97. The molecule has 0 amide bonds. The van der Waals surface area contributed by atoms with Crippen molar-refractivity contribution in [1.29, 1.82) is 0 Å². The third-order valence-electron chi connectivity index (χ3n) is 5.77. The van der Waals surface area contributed by atoms with E-state index in [0.29, 0.717) is 30.3 Å². The summed E-state index contributed by atoms with van der Waals surface area (Å²) in [5, 5.41) is 3.36. The number of hydrogen-bond donors (Lipinski definition) is 1. The average molecular weight is 477 g/mol. The molecule has 0 atom stereocenters. The van der Waals surface area contributed by atoms with Gasteiger partial charge in [0.2, 0.25) is 10.0 Å². The zero-order valence-electron chi connectivity index (χ0n) is 19.0. The SMILES string of the molecule is CCOc1cc(CN(c2nc3cc(S(=O)(=O)N(C)C)ccc3o2)C2CCNCC2)ccc1F. The van der Waals surface area contributed by atoms with Crippen molar-refractivity contribution in [1.82, 2.24) is 14.6 Å². The van der Waals surface area contributed by atoms with Crippen LogP contribution in [0.4, 0.5) is 10.4 Å². The number of nitrogens with one attached hydrogen (secondary N) is 1. The molecule has 178 valence electrons. The van der Waals surface area contributed by atoms with E-state index in [1.807, 2.05) is 6.92 Å². The van der Waals surface area contributed by atoms with Crippen LogP contribution in [0.3, 0.4) is 0 Å². The van der Waals surface area contributed by atoms with Crippen LogP contribution in [0.25, 0.3) is 11.1 Å². The summed E-state index contributed by atoms with van der Waals surface area (Å²) < 4.78 is 51.8. The van der Waals surface area contributed by atoms with Gasteiger partial charge in [0.05, 0.1) is 11.5 Å². The molecule has 0 radical (unpaired) electrons. The summed E-state index contributed by atoms with van der Waals surface area (Å²) in [6, 6.07) is 10.1. The fourth-order valence-electron chi connectivity index (χ4n) is 3.97. The molecule has 3 aromatic rings. The second kappa shape index (κ2) is 9.66. The second-order valence-electron chi connectivity index (χ2n) is 8.22. The smallest absolute Gasteiger partial charge is 0.298 e. The lowest BCUT2D eigenvalue weighted by Gasteiger charge is -2.33. The van der Waals surface area contributed by atoms with Crippen LogP contribution in [0, 0.1) is 5.82 Å². The zero-order chi connectivity index (χ0) is 23.6. The first-order valence-electron chi connectivity index (χ1n) is 11.0. The van der Waals surface area contributed by atoms with E-state index in [1.165, 1.54) is 36.6 Å². The van der Waals surface area contributed by atoms with Crippen molar-refractivity contribution in [3.05, 3.63) is 47.8 Å². The highest BCUT2D eigenvalue weighted by Crippen LogP contribution is 2.30. The number of fused-ring (bicyclic) bond motifs is 1.